The Morgan fingerprint density at radius 3 is 3.00 bits per heavy atom. The lowest BCUT2D eigenvalue weighted by Gasteiger charge is -2.16. The molecule has 1 aromatic rings. The molecule has 0 aromatic heterocycles. The molecule has 6 nitrogen and oxygen atoms in total. The van der Waals surface area contributed by atoms with Crippen LogP contribution in [-0.4, -0.2) is 30.7 Å². The molecule has 2 rings (SSSR count). The van der Waals surface area contributed by atoms with Crippen LogP contribution in [0.1, 0.15) is 25.3 Å². The zero-order valence-electron chi connectivity index (χ0n) is 11.7. The summed E-state index contributed by atoms with van der Waals surface area (Å²) in [5.74, 6) is -0.961. The molecule has 0 aliphatic carbocycles. The number of anilines is 1. The minimum atomic E-state index is -0.924. The Bertz CT molecular complexity index is 573. The van der Waals surface area contributed by atoms with Crippen LogP contribution in [0.4, 0.5) is 5.69 Å². The van der Waals surface area contributed by atoms with E-state index in [1.165, 1.54) is 6.92 Å². The molecule has 6 heteroatoms. The minimum Gasteiger partial charge on any atom is -0.451 e. The summed E-state index contributed by atoms with van der Waals surface area (Å²) in [6, 6.07) is 8.49. The molecule has 1 aliphatic heterocycles. The van der Waals surface area contributed by atoms with Crippen LogP contribution >= 0.6 is 0 Å². The first-order valence-electron chi connectivity index (χ1n) is 6.73. The van der Waals surface area contributed by atoms with Gasteiger partial charge in [-0.25, -0.2) is 4.79 Å². The van der Waals surface area contributed by atoms with Crippen LogP contribution in [0.15, 0.2) is 24.3 Å². The average Bonchev–Trinajstić information content (AvgIpc) is 3.01. The van der Waals surface area contributed by atoms with E-state index in [9.17, 15) is 9.59 Å². The summed E-state index contributed by atoms with van der Waals surface area (Å²) >= 11 is 0. The third kappa shape index (κ3) is 4.04. The number of hydrogen-bond donors (Lipinski definition) is 1. The number of esters is 1. The second-order valence-corrected chi connectivity index (χ2v) is 4.76. The van der Waals surface area contributed by atoms with E-state index >= 15 is 0 Å². The molecule has 0 bridgehead atoms. The van der Waals surface area contributed by atoms with Crippen molar-refractivity contribution in [2.45, 2.75) is 32.0 Å². The van der Waals surface area contributed by atoms with Gasteiger partial charge in [-0.05, 0) is 38.0 Å². The summed E-state index contributed by atoms with van der Waals surface area (Å²) < 4.78 is 10.3. The van der Waals surface area contributed by atoms with Crippen LogP contribution in [0.2, 0.25) is 0 Å². The molecule has 110 valence electrons. The Morgan fingerprint density at radius 2 is 2.33 bits per heavy atom. The summed E-state index contributed by atoms with van der Waals surface area (Å²) in [7, 11) is 0. The summed E-state index contributed by atoms with van der Waals surface area (Å²) in [6.45, 7) is 2.04. The van der Waals surface area contributed by atoms with Crippen LogP contribution < -0.4 is 5.32 Å². The van der Waals surface area contributed by atoms with E-state index in [0.29, 0.717) is 24.3 Å². The zero-order valence-corrected chi connectivity index (χ0v) is 11.7. The van der Waals surface area contributed by atoms with Crippen LogP contribution in [0.3, 0.4) is 0 Å². The summed E-state index contributed by atoms with van der Waals surface area (Å²) in [5, 5.41) is 11.4. The number of benzene rings is 1. The number of hydrogen-bond acceptors (Lipinski definition) is 5. The fraction of sp³-hybridized carbons (Fsp3) is 0.400. The van der Waals surface area contributed by atoms with Crippen molar-refractivity contribution in [3.8, 4) is 6.07 Å². The highest BCUT2D eigenvalue weighted by Crippen LogP contribution is 2.15. The summed E-state index contributed by atoms with van der Waals surface area (Å²) in [4.78, 5) is 23.7. The Kier molecular flexibility index (Phi) is 4.90. The van der Waals surface area contributed by atoms with Gasteiger partial charge in [0.1, 0.15) is 0 Å². The number of nitrogens with zero attached hydrogens (tertiary/aromatic N) is 1. The van der Waals surface area contributed by atoms with Crippen molar-refractivity contribution < 1.29 is 19.1 Å². The van der Waals surface area contributed by atoms with E-state index in [4.69, 9.17) is 14.7 Å². The molecule has 0 saturated carbocycles. The van der Waals surface area contributed by atoms with Gasteiger partial charge < -0.3 is 14.8 Å². The molecule has 1 aliphatic rings. The molecule has 1 fully saturated rings. The standard InChI is InChI=1S/C15H16N2O4/c1-10(21-15(19)13-6-3-7-20-13)14(18)17-12-5-2-4-11(8-12)9-16/h2,4-5,8,10,13H,3,6-7H2,1H3,(H,17,18)/t10-,13-/m1/s1. The minimum absolute atomic E-state index is 0.441. The van der Waals surface area contributed by atoms with Gasteiger partial charge in [-0.15, -0.1) is 0 Å². The van der Waals surface area contributed by atoms with Crippen LogP contribution in [0.5, 0.6) is 0 Å². The molecule has 1 saturated heterocycles. The van der Waals surface area contributed by atoms with E-state index in [-0.39, 0.29) is 0 Å². The van der Waals surface area contributed by atoms with E-state index in [1.54, 1.807) is 24.3 Å². The number of carbonyl (C=O) groups is 2. The van der Waals surface area contributed by atoms with Gasteiger partial charge in [-0.3, -0.25) is 4.79 Å². The van der Waals surface area contributed by atoms with Gasteiger partial charge in [0.15, 0.2) is 12.2 Å². The molecule has 1 aromatic carbocycles. The third-order valence-corrected chi connectivity index (χ3v) is 3.11. The van der Waals surface area contributed by atoms with Crippen molar-refractivity contribution >= 4 is 17.6 Å². The number of ether oxygens (including phenoxy) is 2. The number of nitriles is 1. The Morgan fingerprint density at radius 1 is 1.52 bits per heavy atom. The van der Waals surface area contributed by atoms with Crippen molar-refractivity contribution in [1.29, 1.82) is 5.26 Å². The number of carbonyl (C=O) groups excluding carboxylic acids is 2. The van der Waals surface area contributed by atoms with Crippen LogP contribution in [0.25, 0.3) is 0 Å². The maximum atomic E-state index is 12.0. The Labute approximate surface area is 122 Å². The highest BCUT2D eigenvalue weighted by Gasteiger charge is 2.28. The van der Waals surface area contributed by atoms with Crippen LogP contribution in [-0.2, 0) is 19.1 Å². The normalized spacial score (nSPS) is 18.6. The lowest BCUT2D eigenvalue weighted by molar-refractivity contribution is -0.162. The van der Waals surface area contributed by atoms with Crippen molar-refractivity contribution in [2.24, 2.45) is 0 Å². The second kappa shape index (κ2) is 6.86. The number of rotatable bonds is 4. The fourth-order valence-electron chi connectivity index (χ4n) is 1.98. The number of nitrogens with one attached hydrogen (secondary N) is 1. The largest absolute Gasteiger partial charge is 0.451 e. The first kappa shape index (κ1) is 15.0. The predicted molar refractivity (Wildman–Crippen MR) is 74.3 cm³/mol. The maximum Gasteiger partial charge on any atom is 0.336 e. The fourth-order valence-corrected chi connectivity index (χ4v) is 1.98. The van der Waals surface area contributed by atoms with E-state index in [2.05, 4.69) is 5.32 Å². The van der Waals surface area contributed by atoms with Crippen molar-refractivity contribution in [1.82, 2.24) is 0 Å². The maximum absolute atomic E-state index is 12.0. The predicted octanol–water partition coefficient (Wildman–Crippen LogP) is 1.61. The SMILES string of the molecule is C[C@@H](OC(=O)[C@H]1CCCO1)C(=O)Nc1cccc(C#N)c1. The quantitative estimate of drug-likeness (QED) is 0.850. The van der Waals surface area contributed by atoms with E-state index in [1.807, 2.05) is 6.07 Å². The summed E-state index contributed by atoms with van der Waals surface area (Å²) in [5.41, 5.74) is 0.927. The molecular weight excluding hydrogens is 272 g/mol. The number of amides is 1. The van der Waals surface area contributed by atoms with Gasteiger partial charge in [0.2, 0.25) is 0 Å². The van der Waals surface area contributed by atoms with E-state index < -0.39 is 24.1 Å². The first-order valence-corrected chi connectivity index (χ1v) is 6.73. The first-order chi connectivity index (χ1) is 10.1. The Balaban J connectivity index is 1.90. The smallest absolute Gasteiger partial charge is 0.336 e. The molecule has 1 heterocycles. The summed E-state index contributed by atoms with van der Waals surface area (Å²) in [6.07, 6.45) is -0.0480. The molecule has 0 spiro atoms. The molecule has 1 amide bonds. The highest BCUT2D eigenvalue weighted by molar-refractivity contribution is 5.95. The third-order valence-electron chi connectivity index (χ3n) is 3.11. The van der Waals surface area contributed by atoms with Gasteiger partial charge >= 0.3 is 5.97 Å². The lowest BCUT2D eigenvalue weighted by atomic mass is 10.2. The van der Waals surface area contributed by atoms with Gasteiger partial charge in [0.05, 0.1) is 11.6 Å². The second-order valence-electron chi connectivity index (χ2n) is 4.76. The Hall–Kier alpha value is -2.39. The van der Waals surface area contributed by atoms with Gasteiger partial charge in [-0.1, -0.05) is 6.07 Å². The van der Waals surface area contributed by atoms with Gasteiger partial charge in [0, 0.05) is 12.3 Å². The van der Waals surface area contributed by atoms with E-state index in [0.717, 1.165) is 6.42 Å². The monoisotopic (exact) mass is 288 g/mol. The molecular formula is C15H16N2O4. The zero-order chi connectivity index (χ0) is 15.2. The molecule has 2 atom stereocenters. The van der Waals surface area contributed by atoms with Gasteiger partial charge in [-0.2, -0.15) is 5.26 Å². The van der Waals surface area contributed by atoms with Crippen LogP contribution in [0, 0.1) is 11.3 Å². The topological polar surface area (TPSA) is 88.4 Å². The molecule has 0 unspecified atom stereocenters. The van der Waals surface area contributed by atoms with Crippen molar-refractivity contribution in [2.75, 3.05) is 11.9 Å². The molecule has 0 radical (unpaired) electrons. The molecule has 21 heavy (non-hydrogen) atoms. The lowest BCUT2D eigenvalue weighted by Crippen LogP contribution is -2.34. The molecule has 1 N–H and O–H groups in total. The highest BCUT2D eigenvalue weighted by atomic mass is 16.6. The van der Waals surface area contributed by atoms with Gasteiger partial charge in [0.25, 0.3) is 5.91 Å². The average molecular weight is 288 g/mol. The van der Waals surface area contributed by atoms with Crippen molar-refractivity contribution in [3.05, 3.63) is 29.8 Å². The van der Waals surface area contributed by atoms with Crippen molar-refractivity contribution in [3.63, 3.8) is 0 Å².